The molecule has 0 bridgehead atoms. The van der Waals surface area contributed by atoms with Crippen LogP contribution in [0.15, 0.2) is 42.6 Å². The van der Waals surface area contributed by atoms with E-state index < -0.39 is 0 Å². The molecule has 0 aliphatic heterocycles. The molecule has 0 radical (unpaired) electrons. The van der Waals surface area contributed by atoms with Crippen LogP contribution in [0.5, 0.6) is 0 Å². The number of aromatic nitrogens is 4. The van der Waals surface area contributed by atoms with E-state index in [1.807, 2.05) is 43.3 Å². The van der Waals surface area contributed by atoms with Gasteiger partial charge < -0.3 is 5.32 Å². The third-order valence-corrected chi connectivity index (χ3v) is 3.57. The van der Waals surface area contributed by atoms with Gasteiger partial charge in [-0.3, -0.25) is 4.79 Å². The summed E-state index contributed by atoms with van der Waals surface area (Å²) in [6, 6.07) is 11.9. The van der Waals surface area contributed by atoms with Crippen molar-refractivity contribution in [1.82, 2.24) is 24.9 Å². The molecule has 0 saturated carbocycles. The van der Waals surface area contributed by atoms with Gasteiger partial charge in [-0.05, 0) is 24.5 Å². The Kier molecular flexibility index (Phi) is 3.82. The second kappa shape index (κ2) is 5.93. The zero-order chi connectivity index (χ0) is 15.5. The van der Waals surface area contributed by atoms with Crippen LogP contribution in [0.4, 0.5) is 0 Å². The van der Waals surface area contributed by atoms with Crippen LogP contribution in [0.1, 0.15) is 34.7 Å². The maximum atomic E-state index is 12.2. The largest absolute Gasteiger partial charge is 0.349 e. The Bertz CT molecular complexity index is 797. The van der Waals surface area contributed by atoms with Gasteiger partial charge in [0.05, 0.1) is 0 Å². The Morgan fingerprint density at radius 2 is 2.05 bits per heavy atom. The standard InChI is InChI=1S/C16H17N5O/c1-11(13-6-4-3-5-7-13)10-18-15(22)14-19-16-17-9-8-12(2)21(16)20-14/h3-9,11H,10H2,1-2H3,(H,18,22). The molecular formula is C16H17N5O. The van der Waals surface area contributed by atoms with E-state index in [2.05, 4.69) is 27.3 Å². The van der Waals surface area contributed by atoms with Gasteiger partial charge in [0.1, 0.15) is 0 Å². The minimum Gasteiger partial charge on any atom is -0.349 e. The molecule has 0 fully saturated rings. The number of fused-ring (bicyclic) bond motifs is 1. The summed E-state index contributed by atoms with van der Waals surface area (Å²) in [7, 11) is 0. The monoisotopic (exact) mass is 295 g/mol. The van der Waals surface area contributed by atoms with Crippen LogP contribution in [0.3, 0.4) is 0 Å². The number of amides is 1. The molecule has 2 aromatic heterocycles. The van der Waals surface area contributed by atoms with Crippen molar-refractivity contribution < 1.29 is 4.79 Å². The molecule has 1 amide bonds. The molecule has 1 aromatic carbocycles. The van der Waals surface area contributed by atoms with Gasteiger partial charge in [0.25, 0.3) is 11.7 Å². The quantitative estimate of drug-likeness (QED) is 0.798. The Morgan fingerprint density at radius 1 is 1.27 bits per heavy atom. The molecule has 0 saturated heterocycles. The van der Waals surface area contributed by atoms with Crippen LogP contribution in [-0.4, -0.2) is 32.0 Å². The van der Waals surface area contributed by atoms with Crippen LogP contribution in [-0.2, 0) is 0 Å². The maximum Gasteiger partial charge on any atom is 0.291 e. The molecule has 6 nitrogen and oxygen atoms in total. The number of nitrogens with one attached hydrogen (secondary N) is 1. The van der Waals surface area contributed by atoms with Gasteiger partial charge in [0, 0.05) is 18.4 Å². The van der Waals surface area contributed by atoms with Gasteiger partial charge in [-0.25, -0.2) is 9.50 Å². The average Bonchev–Trinajstić information content (AvgIpc) is 2.99. The van der Waals surface area contributed by atoms with Crippen molar-refractivity contribution in [2.24, 2.45) is 0 Å². The molecule has 3 aromatic rings. The average molecular weight is 295 g/mol. The molecule has 1 atom stereocenters. The minimum absolute atomic E-state index is 0.141. The molecule has 6 heteroatoms. The summed E-state index contributed by atoms with van der Waals surface area (Å²) in [5, 5.41) is 7.07. The van der Waals surface area contributed by atoms with Gasteiger partial charge in [0.15, 0.2) is 0 Å². The van der Waals surface area contributed by atoms with E-state index >= 15 is 0 Å². The summed E-state index contributed by atoms with van der Waals surface area (Å²) in [6.07, 6.45) is 1.65. The Balaban J connectivity index is 1.70. The lowest BCUT2D eigenvalue weighted by atomic mass is 10.0. The molecule has 22 heavy (non-hydrogen) atoms. The van der Waals surface area contributed by atoms with E-state index in [0.717, 1.165) is 5.69 Å². The first kappa shape index (κ1) is 14.2. The molecule has 0 aliphatic carbocycles. The number of rotatable bonds is 4. The summed E-state index contributed by atoms with van der Waals surface area (Å²) in [5.41, 5.74) is 2.07. The molecule has 0 spiro atoms. The smallest absolute Gasteiger partial charge is 0.291 e. The van der Waals surface area contributed by atoms with Crippen molar-refractivity contribution in [3.05, 3.63) is 59.7 Å². The molecule has 1 unspecified atom stereocenters. The van der Waals surface area contributed by atoms with Crippen molar-refractivity contribution in [2.75, 3.05) is 6.54 Å². The Labute approximate surface area is 128 Å². The van der Waals surface area contributed by atoms with E-state index in [9.17, 15) is 4.79 Å². The fourth-order valence-electron chi connectivity index (χ4n) is 2.23. The minimum atomic E-state index is -0.285. The number of hydrogen-bond donors (Lipinski definition) is 1. The fourth-order valence-corrected chi connectivity index (χ4v) is 2.23. The SMILES string of the molecule is Cc1ccnc2nc(C(=O)NCC(C)c3ccccc3)nn12. The lowest BCUT2D eigenvalue weighted by Crippen LogP contribution is -2.28. The zero-order valence-corrected chi connectivity index (χ0v) is 12.5. The van der Waals surface area contributed by atoms with E-state index in [4.69, 9.17) is 0 Å². The van der Waals surface area contributed by atoms with Crippen LogP contribution in [0, 0.1) is 6.92 Å². The summed E-state index contributed by atoms with van der Waals surface area (Å²) < 4.78 is 1.57. The van der Waals surface area contributed by atoms with E-state index in [1.54, 1.807) is 10.7 Å². The van der Waals surface area contributed by atoms with Crippen LogP contribution >= 0.6 is 0 Å². The lowest BCUT2D eigenvalue weighted by molar-refractivity contribution is 0.0941. The third-order valence-electron chi connectivity index (χ3n) is 3.57. The first-order chi connectivity index (χ1) is 10.6. The second-order valence-corrected chi connectivity index (χ2v) is 5.26. The lowest BCUT2D eigenvalue weighted by Gasteiger charge is -2.11. The van der Waals surface area contributed by atoms with Gasteiger partial charge in [0.2, 0.25) is 5.82 Å². The van der Waals surface area contributed by atoms with Crippen molar-refractivity contribution >= 4 is 11.7 Å². The third kappa shape index (κ3) is 2.81. The van der Waals surface area contributed by atoms with E-state index in [1.165, 1.54) is 5.56 Å². The number of aryl methyl sites for hydroxylation is 1. The number of nitrogens with zero attached hydrogens (tertiary/aromatic N) is 4. The zero-order valence-electron chi connectivity index (χ0n) is 12.5. The van der Waals surface area contributed by atoms with Gasteiger partial charge in [-0.15, -0.1) is 5.10 Å². The molecule has 3 rings (SSSR count). The van der Waals surface area contributed by atoms with Crippen LogP contribution in [0.25, 0.3) is 5.78 Å². The number of carbonyl (C=O) groups excluding carboxylic acids is 1. The second-order valence-electron chi connectivity index (χ2n) is 5.26. The Morgan fingerprint density at radius 3 is 2.77 bits per heavy atom. The molecule has 1 N–H and O–H groups in total. The molecule has 112 valence electrons. The normalized spacial score (nSPS) is 12.3. The molecular weight excluding hydrogens is 278 g/mol. The van der Waals surface area contributed by atoms with Gasteiger partial charge in [-0.2, -0.15) is 4.98 Å². The fraction of sp³-hybridized carbons (Fsp3) is 0.250. The molecule has 2 heterocycles. The number of hydrogen-bond acceptors (Lipinski definition) is 4. The van der Waals surface area contributed by atoms with Crippen LogP contribution in [0.2, 0.25) is 0 Å². The van der Waals surface area contributed by atoms with Crippen molar-refractivity contribution in [1.29, 1.82) is 0 Å². The number of carbonyl (C=O) groups is 1. The first-order valence-electron chi connectivity index (χ1n) is 7.16. The predicted molar refractivity (Wildman–Crippen MR) is 82.7 cm³/mol. The highest BCUT2D eigenvalue weighted by Gasteiger charge is 2.15. The molecule has 0 aliphatic rings. The summed E-state index contributed by atoms with van der Waals surface area (Å²) >= 11 is 0. The highest BCUT2D eigenvalue weighted by atomic mass is 16.2. The highest BCUT2D eigenvalue weighted by Crippen LogP contribution is 2.13. The van der Waals surface area contributed by atoms with E-state index in [0.29, 0.717) is 12.3 Å². The van der Waals surface area contributed by atoms with Crippen molar-refractivity contribution in [3.63, 3.8) is 0 Å². The maximum absolute atomic E-state index is 12.2. The predicted octanol–water partition coefficient (Wildman–Crippen LogP) is 1.97. The topological polar surface area (TPSA) is 72.2 Å². The van der Waals surface area contributed by atoms with E-state index in [-0.39, 0.29) is 17.6 Å². The van der Waals surface area contributed by atoms with Crippen molar-refractivity contribution in [2.45, 2.75) is 19.8 Å². The Hall–Kier alpha value is -2.76. The van der Waals surface area contributed by atoms with Gasteiger partial charge in [-0.1, -0.05) is 37.3 Å². The van der Waals surface area contributed by atoms with Gasteiger partial charge >= 0.3 is 0 Å². The summed E-state index contributed by atoms with van der Waals surface area (Å²) in [4.78, 5) is 20.4. The number of benzene rings is 1. The first-order valence-corrected chi connectivity index (χ1v) is 7.16. The summed E-state index contributed by atoms with van der Waals surface area (Å²) in [5.74, 6) is 0.512. The summed E-state index contributed by atoms with van der Waals surface area (Å²) in [6.45, 7) is 4.49. The van der Waals surface area contributed by atoms with Crippen molar-refractivity contribution in [3.8, 4) is 0 Å². The highest BCUT2D eigenvalue weighted by molar-refractivity contribution is 5.90. The van der Waals surface area contributed by atoms with Crippen LogP contribution < -0.4 is 5.32 Å².